The first-order chi connectivity index (χ1) is 12.0. The molecule has 0 spiro atoms. The number of hydrogen-bond donors (Lipinski definition) is 1. The number of nitrogens with zero attached hydrogens (tertiary/aromatic N) is 2. The molecule has 1 aromatic heterocycles. The van der Waals surface area contributed by atoms with Gasteiger partial charge >= 0.3 is 0 Å². The summed E-state index contributed by atoms with van der Waals surface area (Å²) >= 11 is 3.22. The lowest BCUT2D eigenvalue weighted by Gasteiger charge is -2.08. The largest absolute Gasteiger partial charge is 0.484 e. The minimum absolute atomic E-state index is 0.0403. The zero-order chi connectivity index (χ0) is 17.8. The van der Waals surface area contributed by atoms with Crippen LogP contribution in [0, 0.1) is 12.7 Å². The predicted octanol–water partition coefficient (Wildman–Crippen LogP) is 4.11. The summed E-state index contributed by atoms with van der Waals surface area (Å²) in [5, 5.41) is 6.30. The molecule has 25 heavy (non-hydrogen) atoms. The number of halogens is 2. The van der Waals surface area contributed by atoms with Crippen LogP contribution in [0.1, 0.15) is 22.1 Å². The average molecular weight is 406 g/mol. The van der Waals surface area contributed by atoms with E-state index in [9.17, 15) is 9.18 Å². The van der Waals surface area contributed by atoms with E-state index in [0.717, 1.165) is 0 Å². The van der Waals surface area contributed by atoms with Crippen molar-refractivity contribution in [3.63, 3.8) is 0 Å². The highest BCUT2D eigenvalue weighted by Gasteiger charge is 2.12. The number of carbonyl (C=O) groups is 1. The molecule has 8 heteroatoms. The van der Waals surface area contributed by atoms with E-state index in [1.165, 1.54) is 18.2 Å². The molecule has 0 aliphatic rings. The van der Waals surface area contributed by atoms with Gasteiger partial charge in [-0.15, -0.1) is 0 Å². The number of hydrogen-bond acceptors (Lipinski definition) is 5. The van der Waals surface area contributed by atoms with Crippen molar-refractivity contribution in [1.29, 1.82) is 0 Å². The van der Waals surface area contributed by atoms with Crippen LogP contribution in [-0.2, 0) is 6.61 Å². The van der Waals surface area contributed by atoms with Crippen LogP contribution in [0.4, 0.5) is 10.1 Å². The van der Waals surface area contributed by atoms with E-state index < -0.39 is 11.7 Å². The van der Waals surface area contributed by atoms with E-state index in [-0.39, 0.29) is 12.2 Å². The van der Waals surface area contributed by atoms with E-state index in [4.69, 9.17) is 9.26 Å². The Morgan fingerprint density at radius 2 is 2.04 bits per heavy atom. The lowest BCUT2D eigenvalue weighted by Crippen LogP contribution is -2.13. The minimum atomic E-state index is -0.587. The standard InChI is InChI=1S/C17H13BrFN3O3/c1-10-20-16(25-22-10)9-24-13-5-3-12(4-6-13)21-17(23)14-8-11(18)2-7-15(14)19/h2-8H,9H2,1H3,(H,21,23). The molecule has 0 bridgehead atoms. The van der Waals surface area contributed by atoms with Gasteiger partial charge in [-0.25, -0.2) is 4.39 Å². The number of anilines is 1. The summed E-state index contributed by atoms with van der Waals surface area (Å²) in [6.45, 7) is 1.87. The fourth-order valence-electron chi connectivity index (χ4n) is 2.05. The summed E-state index contributed by atoms with van der Waals surface area (Å²) in [5.74, 6) is 0.364. The smallest absolute Gasteiger partial charge is 0.264 e. The van der Waals surface area contributed by atoms with Crippen LogP contribution in [0.25, 0.3) is 0 Å². The van der Waals surface area contributed by atoms with Gasteiger partial charge in [0.05, 0.1) is 5.56 Å². The molecule has 6 nitrogen and oxygen atoms in total. The SMILES string of the molecule is Cc1noc(COc2ccc(NC(=O)c3cc(Br)ccc3F)cc2)n1. The Balaban J connectivity index is 1.62. The minimum Gasteiger partial charge on any atom is -0.484 e. The van der Waals surface area contributed by atoms with Crippen molar-refractivity contribution in [1.82, 2.24) is 10.1 Å². The maximum absolute atomic E-state index is 13.7. The number of ether oxygens (including phenoxy) is 1. The number of benzene rings is 2. The van der Waals surface area contributed by atoms with Gasteiger partial charge in [-0.3, -0.25) is 4.79 Å². The lowest BCUT2D eigenvalue weighted by atomic mass is 10.2. The monoisotopic (exact) mass is 405 g/mol. The number of rotatable bonds is 5. The second-order valence-corrected chi connectivity index (χ2v) is 6.04. The second-order valence-electron chi connectivity index (χ2n) is 5.13. The van der Waals surface area contributed by atoms with Gasteiger partial charge in [-0.1, -0.05) is 21.1 Å². The Labute approximate surface area is 151 Å². The van der Waals surface area contributed by atoms with Crippen LogP contribution in [0.15, 0.2) is 51.5 Å². The zero-order valence-electron chi connectivity index (χ0n) is 13.1. The highest BCUT2D eigenvalue weighted by atomic mass is 79.9. The molecule has 0 aliphatic carbocycles. The Bertz CT molecular complexity index is 896. The molecular weight excluding hydrogens is 393 g/mol. The van der Waals surface area contributed by atoms with Gasteiger partial charge < -0.3 is 14.6 Å². The molecule has 1 amide bonds. The number of nitrogens with one attached hydrogen (secondary N) is 1. The summed E-state index contributed by atoms with van der Waals surface area (Å²) in [5.41, 5.74) is 0.479. The third-order valence-electron chi connectivity index (χ3n) is 3.22. The molecule has 128 valence electrons. The Morgan fingerprint density at radius 3 is 2.72 bits per heavy atom. The Kier molecular flexibility index (Phi) is 5.08. The molecule has 3 aromatic rings. The van der Waals surface area contributed by atoms with Gasteiger partial charge in [-0.05, 0) is 49.4 Å². The molecule has 3 rings (SSSR count). The number of carbonyl (C=O) groups excluding carboxylic acids is 1. The van der Waals surface area contributed by atoms with Crippen LogP contribution in [-0.4, -0.2) is 16.0 Å². The van der Waals surface area contributed by atoms with E-state index >= 15 is 0 Å². The van der Waals surface area contributed by atoms with Crippen molar-refractivity contribution in [2.24, 2.45) is 0 Å². The summed E-state index contributed by atoms with van der Waals surface area (Å²) in [6.07, 6.45) is 0. The van der Waals surface area contributed by atoms with Gasteiger partial charge in [0.25, 0.3) is 11.8 Å². The van der Waals surface area contributed by atoms with Crippen molar-refractivity contribution >= 4 is 27.5 Å². The first-order valence-electron chi connectivity index (χ1n) is 7.30. The molecule has 0 saturated carbocycles. The molecule has 1 heterocycles. The van der Waals surface area contributed by atoms with E-state index in [1.54, 1.807) is 31.2 Å². The normalized spacial score (nSPS) is 10.5. The molecule has 1 N–H and O–H groups in total. The van der Waals surface area contributed by atoms with Crippen LogP contribution in [0.5, 0.6) is 5.75 Å². The summed E-state index contributed by atoms with van der Waals surface area (Å²) in [4.78, 5) is 16.2. The highest BCUT2D eigenvalue weighted by Crippen LogP contribution is 2.20. The molecular formula is C17H13BrFN3O3. The molecule has 0 atom stereocenters. The van der Waals surface area contributed by atoms with Crippen LogP contribution >= 0.6 is 15.9 Å². The first kappa shape index (κ1) is 17.1. The van der Waals surface area contributed by atoms with Crippen LogP contribution in [0.2, 0.25) is 0 Å². The fraction of sp³-hybridized carbons (Fsp3) is 0.118. The van der Waals surface area contributed by atoms with Crippen LogP contribution in [0.3, 0.4) is 0 Å². The second kappa shape index (κ2) is 7.43. The quantitative estimate of drug-likeness (QED) is 0.690. The number of amides is 1. The van der Waals surface area contributed by atoms with Crippen molar-refractivity contribution in [3.05, 3.63) is 70.0 Å². The third kappa shape index (κ3) is 4.42. The van der Waals surface area contributed by atoms with E-state index in [2.05, 4.69) is 31.4 Å². The van der Waals surface area contributed by atoms with Gasteiger partial charge in [0.1, 0.15) is 11.6 Å². The molecule has 0 fully saturated rings. The molecule has 0 aliphatic heterocycles. The molecule has 0 unspecified atom stereocenters. The molecule has 2 aromatic carbocycles. The summed E-state index contributed by atoms with van der Waals surface area (Å²) < 4.78 is 24.8. The molecule has 0 saturated heterocycles. The summed E-state index contributed by atoms with van der Waals surface area (Å²) in [6, 6.07) is 10.9. The highest BCUT2D eigenvalue weighted by molar-refractivity contribution is 9.10. The molecule has 0 radical (unpaired) electrons. The fourth-order valence-corrected chi connectivity index (χ4v) is 2.41. The maximum Gasteiger partial charge on any atom is 0.264 e. The topological polar surface area (TPSA) is 77.3 Å². The summed E-state index contributed by atoms with van der Waals surface area (Å²) in [7, 11) is 0. The zero-order valence-corrected chi connectivity index (χ0v) is 14.7. The van der Waals surface area contributed by atoms with Gasteiger partial charge in [0, 0.05) is 10.2 Å². The predicted molar refractivity (Wildman–Crippen MR) is 91.9 cm³/mol. The van der Waals surface area contributed by atoms with E-state index in [1.807, 2.05) is 0 Å². The van der Waals surface area contributed by atoms with Gasteiger partial charge in [0.15, 0.2) is 12.4 Å². The average Bonchev–Trinajstić information content (AvgIpc) is 3.02. The first-order valence-corrected chi connectivity index (χ1v) is 8.09. The van der Waals surface area contributed by atoms with Crippen molar-refractivity contribution in [2.45, 2.75) is 13.5 Å². The van der Waals surface area contributed by atoms with Crippen molar-refractivity contribution in [2.75, 3.05) is 5.32 Å². The lowest BCUT2D eigenvalue weighted by molar-refractivity contribution is 0.102. The number of aryl methyl sites for hydroxylation is 1. The van der Waals surface area contributed by atoms with Gasteiger partial charge in [0.2, 0.25) is 0 Å². The Hall–Kier alpha value is -2.74. The van der Waals surface area contributed by atoms with Crippen molar-refractivity contribution in [3.8, 4) is 5.75 Å². The Morgan fingerprint density at radius 1 is 1.28 bits per heavy atom. The van der Waals surface area contributed by atoms with E-state index in [0.29, 0.717) is 27.6 Å². The maximum atomic E-state index is 13.7. The van der Waals surface area contributed by atoms with Crippen LogP contribution < -0.4 is 10.1 Å². The van der Waals surface area contributed by atoms with Gasteiger partial charge in [-0.2, -0.15) is 4.98 Å². The van der Waals surface area contributed by atoms with Crippen molar-refractivity contribution < 1.29 is 18.4 Å². The third-order valence-corrected chi connectivity index (χ3v) is 3.71. The number of aromatic nitrogens is 2.